The van der Waals surface area contributed by atoms with E-state index in [2.05, 4.69) is 0 Å². The molecule has 0 aliphatic heterocycles. The molecule has 3 rings (SSSR count). The van der Waals surface area contributed by atoms with E-state index < -0.39 is 17.5 Å². The van der Waals surface area contributed by atoms with Gasteiger partial charge in [0.15, 0.2) is 17.7 Å². The molecule has 0 saturated heterocycles. The zero-order chi connectivity index (χ0) is 21.1. The number of hydrogen-bond donors (Lipinski definition) is 0. The second-order valence-corrected chi connectivity index (χ2v) is 6.84. The van der Waals surface area contributed by atoms with E-state index in [0.717, 1.165) is 11.1 Å². The SMILES string of the molecule is CCN(CC)C(=O)[C@@H](C)Oc1cc2oc(=O)cc(-c3ccccc3C)c2cc1F. The Morgan fingerprint density at radius 3 is 2.48 bits per heavy atom. The van der Waals surface area contributed by atoms with Crippen molar-refractivity contribution in [1.29, 1.82) is 0 Å². The van der Waals surface area contributed by atoms with Crippen LogP contribution in [0, 0.1) is 12.7 Å². The van der Waals surface area contributed by atoms with E-state index >= 15 is 0 Å². The Bertz CT molecular complexity index is 1100. The highest BCUT2D eigenvalue weighted by Crippen LogP contribution is 2.33. The molecule has 0 aliphatic carbocycles. The molecule has 0 unspecified atom stereocenters. The van der Waals surface area contributed by atoms with Gasteiger partial charge in [0.1, 0.15) is 5.58 Å². The zero-order valence-electron chi connectivity index (χ0n) is 17.0. The second kappa shape index (κ2) is 8.47. The maximum atomic E-state index is 14.8. The minimum absolute atomic E-state index is 0.129. The van der Waals surface area contributed by atoms with E-state index in [1.54, 1.807) is 11.8 Å². The monoisotopic (exact) mass is 397 g/mol. The Hall–Kier alpha value is -3.15. The molecule has 0 bridgehead atoms. The predicted octanol–water partition coefficient (Wildman–Crippen LogP) is 4.54. The Morgan fingerprint density at radius 2 is 1.83 bits per heavy atom. The summed E-state index contributed by atoms with van der Waals surface area (Å²) in [7, 11) is 0. The number of fused-ring (bicyclic) bond motifs is 1. The van der Waals surface area contributed by atoms with Gasteiger partial charge in [-0.25, -0.2) is 9.18 Å². The molecule has 1 amide bonds. The van der Waals surface area contributed by atoms with Crippen molar-refractivity contribution in [3.63, 3.8) is 0 Å². The van der Waals surface area contributed by atoms with Crippen molar-refractivity contribution in [3.8, 4) is 16.9 Å². The third kappa shape index (κ3) is 4.16. The van der Waals surface area contributed by atoms with E-state index in [1.165, 1.54) is 18.2 Å². The molecule has 2 aromatic carbocycles. The summed E-state index contributed by atoms with van der Waals surface area (Å²) < 4.78 is 25.7. The second-order valence-electron chi connectivity index (χ2n) is 6.84. The molecule has 5 nitrogen and oxygen atoms in total. The van der Waals surface area contributed by atoms with Gasteiger partial charge in [-0.05, 0) is 44.9 Å². The van der Waals surface area contributed by atoms with Gasteiger partial charge in [-0.3, -0.25) is 4.79 Å². The third-order valence-electron chi connectivity index (χ3n) is 4.96. The summed E-state index contributed by atoms with van der Waals surface area (Å²) >= 11 is 0. The first-order valence-corrected chi connectivity index (χ1v) is 9.64. The summed E-state index contributed by atoms with van der Waals surface area (Å²) in [6, 6.07) is 11.5. The van der Waals surface area contributed by atoms with Crippen LogP contribution in [0.5, 0.6) is 5.75 Å². The smallest absolute Gasteiger partial charge is 0.336 e. The van der Waals surface area contributed by atoms with E-state index in [9.17, 15) is 14.0 Å². The van der Waals surface area contributed by atoms with E-state index in [0.29, 0.717) is 24.0 Å². The number of carbonyl (C=O) groups is 1. The molecule has 0 radical (unpaired) electrons. The summed E-state index contributed by atoms with van der Waals surface area (Å²) in [6.45, 7) is 8.31. The molecule has 6 heteroatoms. The van der Waals surface area contributed by atoms with Crippen LogP contribution in [0.2, 0.25) is 0 Å². The van der Waals surface area contributed by atoms with Gasteiger partial charge in [-0.1, -0.05) is 24.3 Å². The number of amides is 1. The number of ether oxygens (including phenoxy) is 1. The van der Waals surface area contributed by atoms with Crippen LogP contribution in [0.25, 0.3) is 22.1 Å². The Kier molecular flexibility index (Phi) is 6.01. The number of aryl methyl sites for hydroxylation is 1. The Balaban J connectivity index is 2.05. The standard InChI is InChI=1S/C23H24FNO4/c1-5-25(6-2)23(27)15(4)28-21-13-20-18(11-19(21)24)17(12-22(26)29-20)16-10-8-7-9-14(16)3/h7-13,15H,5-6H2,1-4H3/t15-/m1/s1. The number of benzene rings is 2. The van der Waals surface area contributed by atoms with Crippen molar-refractivity contribution in [2.24, 2.45) is 0 Å². The molecule has 0 N–H and O–H groups in total. The quantitative estimate of drug-likeness (QED) is 0.573. The largest absolute Gasteiger partial charge is 0.478 e. The van der Waals surface area contributed by atoms with Crippen molar-refractivity contribution in [1.82, 2.24) is 4.90 Å². The van der Waals surface area contributed by atoms with Crippen LogP contribution in [0.1, 0.15) is 26.3 Å². The van der Waals surface area contributed by atoms with E-state index in [1.807, 2.05) is 45.0 Å². The highest BCUT2D eigenvalue weighted by molar-refractivity contribution is 5.94. The van der Waals surface area contributed by atoms with E-state index in [4.69, 9.17) is 9.15 Å². The minimum atomic E-state index is -0.867. The van der Waals surface area contributed by atoms with Crippen LogP contribution >= 0.6 is 0 Å². The van der Waals surface area contributed by atoms with Crippen LogP contribution in [-0.4, -0.2) is 30.0 Å². The van der Waals surface area contributed by atoms with Gasteiger partial charge in [0.2, 0.25) is 0 Å². The highest BCUT2D eigenvalue weighted by Gasteiger charge is 2.22. The first-order valence-electron chi connectivity index (χ1n) is 9.64. The minimum Gasteiger partial charge on any atom is -0.478 e. The van der Waals surface area contributed by atoms with Gasteiger partial charge in [0.05, 0.1) is 0 Å². The number of hydrogen-bond acceptors (Lipinski definition) is 4. The predicted molar refractivity (Wildman–Crippen MR) is 111 cm³/mol. The summed E-state index contributed by atoms with van der Waals surface area (Å²) in [5.74, 6) is -0.986. The molecule has 3 aromatic rings. The highest BCUT2D eigenvalue weighted by atomic mass is 19.1. The third-order valence-corrected chi connectivity index (χ3v) is 4.96. The first kappa shape index (κ1) is 20.6. The fourth-order valence-electron chi connectivity index (χ4n) is 3.38. The van der Waals surface area contributed by atoms with Crippen molar-refractivity contribution in [2.45, 2.75) is 33.8 Å². The van der Waals surface area contributed by atoms with Crippen LogP contribution < -0.4 is 10.4 Å². The summed E-state index contributed by atoms with van der Waals surface area (Å²) in [5.41, 5.74) is 2.03. The summed E-state index contributed by atoms with van der Waals surface area (Å²) in [6.07, 6.45) is -0.867. The number of likely N-dealkylation sites (N-methyl/N-ethyl adjacent to an activating group) is 1. The lowest BCUT2D eigenvalue weighted by molar-refractivity contribution is -0.137. The maximum absolute atomic E-state index is 14.8. The van der Waals surface area contributed by atoms with Crippen LogP contribution in [-0.2, 0) is 4.79 Å². The lowest BCUT2D eigenvalue weighted by Crippen LogP contribution is -2.40. The molecule has 1 atom stereocenters. The van der Waals surface area contributed by atoms with Crippen molar-refractivity contribution in [3.05, 3.63) is 64.3 Å². The Morgan fingerprint density at radius 1 is 1.14 bits per heavy atom. The van der Waals surface area contributed by atoms with Gasteiger partial charge >= 0.3 is 5.63 Å². The van der Waals surface area contributed by atoms with Gasteiger partial charge in [0, 0.05) is 36.2 Å². The molecule has 0 spiro atoms. The number of nitrogens with zero attached hydrogens (tertiary/aromatic N) is 1. The average molecular weight is 397 g/mol. The number of carbonyl (C=O) groups excluding carboxylic acids is 1. The molecule has 152 valence electrons. The molecule has 29 heavy (non-hydrogen) atoms. The summed E-state index contributed by atoms with van der Waals surface area (Å²) in [4.78, 5) is 26.2. The Labute approximate surface area is 168 Å². The maximum Gasteiger partial charge on any atom is 0.336 e. The fourth-order valence-corrected chi connectivity index (χ4v) is 3.38. The lowest BCUT2D eigenvalue weighted by Gasteiger charge is -2.23. The van der Waals surface area contributed by atoms with Crippen LogP contribution in [0.4, 0.5) is 4.39 Å². The van der Waals surface area contributed by atoms with Crippen molar-refractivity contribution in [2.75, 3.05) is 13.1 Å². The van der Waals surface area contributed by atoms with Crippen LogP contribution in [0.15, 0.2) is 51.7 Å². The first-order chi connectivity index (χ1) is 13.8. The molecular weight excluding hydrogens is 373 g/mol. The van der Waals surface area contributed by atoms with Gasteiger partial charge in [-0.2, -0.15) is 0 Å². The van der Waals surface area contributed by atoms with Gasteiger partial charge in [0.25, 0.3) is 5.91 Å². The molecule has 0 fully saturated rings. The number of halogens is 1. The lowest BCUT2D eigenvalue weighted by atomic mass is 9.98. The average Bonchev–Trinajstić information content (AvgIpc) is 2.69. The fraction of sp³-hybridized carbons (Fsp3) is 0.304. The molecule has 0 saturated carbocycles. The van der Waals surface area contributed by atoms with Gasteiger partial charge < -0.3 is 14.1 Å². The van der Waals surface area contributed by atoms with E-state index in [-0.39, 0.29) is 17.2 Å². The normalized spacial score (nSPS) is 12.0. The molecule has 1 heterocycles. The summed E-state index contributed by atoms with van der Waals surface area (Å²) in [5, 5.41) is 0.464. The topological polar surface area (TPSA) is 59.8 Å². The van der Waals surface area contributed by atoms with Crippen LogP contribution in [0.3, 0.4) is 0 Å². The molecule has 1 aromatic heterocycles. The van der Waals surface area contributed by atoms with Gasteiger partial charge in [-0.15, -0.1) is 0 Å². The van der Waals surface area contributed by atoms with Crippen molar-refractivity contribution < 1.29 is 18.3 Å². The number of rotatable bonds is 6. The molecule has 0 aliphatic rings. The zero-order valence-corrected chi connectivity index (χ0v) is 17.0. The molecular formula is C23H24FNO4. The van der Waals surface area contributed by atoms with Crippen molar-refractivity contribution >= 4 is 16.9 Å².